The van der Waals surface area contributed by atoms with Gasteiger partial charge in [-0.3, -0.25) is 14.3 Å². The van der Waals surface area contributed by atoms with Crippen LogP contribution in [0.3, 0.4) is 0 Å². The van der Waals surface area contributed by atoms with Gasteiger partial charge in [-0.2, -0.15) is 5.10 Å². The predicted octanol–water partition coefficient (Wildman–Crippen LogP) is 2.29. The molecule has 29 heavy (non-hydrogen) atoms. The second kappa shape index (κ2) is 6.69. The first kappa shape index (κ1) is 17.8. The molecule has 0 atom stereocenters. The van der Waals surface area contributed by atoms with Crippen LogP contribution in [0.25, 0.3) is 11.4 Å². The second-order valence-corrected chi connectivity index (χ2v) is 8.08. The predicted molar refractivity (Wildman–Crippen MR) is 109 cm³/mol. The van der Waals surface area contributed by atoms with Gasteiger partial charge >= 0.3 is 0 Å². The van der Waals surface area contributed by atoms with Crippen molar-refractivity contribution < 1.29 is 4.79 Å². The number of amides is 1. The maximum absolute atomic E-state index is 12.8. The Labute approximate surface area is 168 Å². The highest BCUT2D eigenvalue weighted by Crippen LogP contribution is 2.44. The van der Waals surface area contributed by atoms with Crippen LogP contribution >= 0.6 is 0 Å². The second-order valence-electron chi connectivity index (χ2n) is 8.08. The van der Waals surface area contributed by atoms with Gasteiger partial charge in [0, 0.05) is 42.9 Å². The van der Waals surface area contributed by atoms with Gasteiger partial charge in [0.2, 0.25) is 0 Å². The number of fused-ring (bicyclic) bond motifs is 2. The SMILES string of the molecule is Cn1cc(C(=O)N2CCC3(CCc4c3nc(-c3ccccc3)[nH]c4=O)CC2)cn1. The van der Waals surface area contributed by atoms with E-state index in [4.69, 9.17) is 4.98 Å². The molecule has 0 saturated carbocycles. The smallest absolute Gasteiger partial charge is 0.257 e. The molecule has 0 radical (unpaired) electrons. The third-order valence-corrected chi connectivity index (χ3v) is 6.38. The van der Waals surface area contributed by atoms with Crippen LogP contribution in [0.4, 0.5) is 0 Å². The molecule has 2 aliphatic rings. The van der Waals surface area contributed by atoms with Crippen LogP contribution in [0.5, 0.6) is 0 Å². The van der Waals surface area contributed by atoms with E-state index in [-0.39, 0.29) is 16.9 Å². The van der Waals surface area contributed by atoms with Gasteiger partial charge in [-0.05, 0) is 25.7 Å². The summed E-state index contributed by atoms with van der Waals surface area (Å²) < 4.78 is 1.65. The first-order valence-corrected chi connectivity index (χ1v) is 10.0. The van der Waals surface area contributed by atoms with E-state index in [2.05, 4.69) is 10.1 Å². The zero-order chi connectivity index (χ0) is 20.0. The summed E-state index contributed by atoms with van der Waals surface area (Å²) >= 11 is 0. The summed E-state index contributed by atoms with van der Waals surface area (Å²) in [6.07, 6.45) is 6.71. The Morgan fingerprint density at radius 3 is 2.59 bits per heavy atom. The van der Waals surface area contributed by atoms with Crippen molar-refractivity contribution in [2.24, 2.45) is 7.05 Å². The number of hydrogen-bond acceptors (Lipinski definition) is 4. The average molecular weight is 389 g/mol. The van der Waals surface area contributed by atoms with Crippen molar-refractivity contribution in [3.8, 4) is 11.4 Å². The topological polar surface area (TPSA) is 83.9 Å². The third-order valence-electron chi connectivity index (χ3n) is 6.38. The first-order chi connectivity index (χ1) is 14.1. The number of aromatic nitrogens is 4. The molecule has 1 saturated heterocycles. The zero-order valence-electron chi connectivity index (χ0n) is 16.4. The number of nitrogens with one attached hydrogen (secondary N) is 1. The fraction of sp³-hybridized carbons (Fsp3) is 0.364. The molecule has 1 spiro atoms. The van der Waals surface area contributed by atoms with Crippen LogP contribution in [-0.2, 0) is 18.9 Å². The summed E-state index contributed by atoms with van der Waals surface area (Å²) in [5.74, 6) is 0.652. The van der Waals surface area contributed by atoms with Crippen molar-refractivity contribution in [3.05, 3.63) is 69.9 Å². The maximum atomic E-state index is 12.8. The number of benzene rings is 1. The molecule has 1 N–H and O–H groups in total. The molecule has 0 unspecified atom stereocenters. The van der Waals surface area contributed by atoms with E-state index in [0.717, 1.165) is 42.5 Å². The number of carbonyl (C=O) groups excluding carboxylic acids is 1. The lowest BCUT2D eigenvalue weighted by Gasteiger charge is -2.39. The van der Waals surface area contributed by atoms with Crippen molar-refractivity contribution in [2.75, 3.05) is 13.1 Å². The number of aromatic amines is 1. The summed E-state index contributed by atoms with van der Waals surface area (Å²) in [6.45, 7) is 1.34. The number of rotatable bonds is 2. The van der Waals surface area contributed by atoms with Crippen molar-refractivity contribution in [1.29, 1.82) is 0 Å². The van der Waals surface area contributed by atoms with Gasteiger partial charge in [0.1, 0.15) is 5.82 Å². The molecular weight excluding hydrogens is 366 g/mol. The molecule has 1 aromatic carbocycles. The van der Waals surface area contributed by atoms with E-state index in [1.807, 2.05) is 42.3 Å². The molecule has 1 fully saturated rings. The van der Waals surface area contributed by atoms with Crippen LogP contribution < -0.4 is 5.56 Å². The highest BCUT2D eigenvalue weighted by molar-refractivity contribution is 5.93. The number of piperidine rings is 1. The van der Waals surface area contributed by atoms with E-state index >= 15 is 0 Å². The zero-order valence-corrected chi connectivity index (χ0v) is 16.4. The minimum atomic E-state index is -0.112. The van der Waals surface area contributed by atoms with Crippen LogP contribution in [0, 0.1) is 0 Å². The molecule has 1 aliphatic carbocycles. The Morgan fingerprint density at radius 1 is 1.14 bits per heavy atom. The van der Waals surface area contributed by atoms with Crippen LogP contribution in [-0.4, -0.2) is 43.6 Å². The monoisotopic (exact) mass is 389 g/mol. The maximum Gasteiger partial charge on any atom is 0.257 e. The molecule has 1 aliphatic heterocycles. The van der Waals surface area contributed by atoms with Crippen LogP contribution in [0.1, 0.15) is 40.9 Å². The minimum Gasteiger partial charge on any atom is -0.338 e. The van der Waals surface area contributed by atoms with Crippen molar-refractivity contribution in [2.45, 2.75) is 31.1 Å². The lowest BCUT2D eigenvalue weighted by atomic mass is 9.76. The largest absolute Gasteiger partial charge is 0.338 e. The quantitative estimate of drug-likeness (QED) is 0.729. The Balaban J connectivity index is 1.42. The standard InChI is InChI=1S/C22H23N5O2/c1-26-14-16(13-23-26)21(29)27-11-9-22(10-12-27)8-7-17-18(22)24-19(25-20(17)28)15-5-3-2-4-6-15/h2-6,13-14H,7-12H2,1H3,(H,24,25,28). The van der Waals surface area contributed by atoms with Gasteiger partial charge in [0.15, 0.2) is 0 Å². The van der Waals surface area contributed by atoms with Gasteiger partial charge in [-0.1, -0.05) is 30.3 Å². The van der Waals surface area contributed by atoms with Crippen molar-refractivity contribution >= 4 is 5.91 Å². The number of likely N-dealkylation sites (tertiary alicyclic amines) is 1. The van der Waals surface area contributed by atoms with E-state index in [0.29, 0.717) is 24.5 Å². The Morgan fingerprint density at radius 2 is 1.90 bits per heavy atom. The number of H-pyrrole nitrogens is 1. The Kier molecular flexibility index (Phi) is 4.12. The summed E-state index contributed by atoms with van der Waals surface area (Å²) in [6, 6.07) is 9.76. The number of nitrogens with zero attached hydrogens (tertiary/aromatic N) is 4. The van der Waals surface area contributed by atoms with Gasteiger partial charge in [-0.25, -0.2) is 4.98 Å². The lowest BCUT2D eigenvalue weighted by molar-refractivity contribution is 0.0663. The molecule has 5 rings (SSSR count). The molecule has 0 bridgehead atoms. The summed E-state index contributed by atoms with van der Waals surface area (Å²) in [4.78, 5) is 35.2. The summed E-state index contributed by atoms with van der Waals surface area (Å²) in [7, 11) is 1.81. The van der Waals surface area contributed by atoms with E-state index in [1.54, 1.807) is 17.1 Å². The van der Waals surface area contributed by atoms with Crippen LogP contribution in [0.2, 0.25) is 0 Å². The van der Waals surface area contributed by atoms with Gasteiger partial charge in [-0.15, -0.1) is 0 Å². The highest BCUT2D eigenvalue weighted by Gasteiger charge is 2.44. The fourth-order valence-electron chi connectivity index (χ4n) is 4.72. The van der Waals surface area contributed by atoms with E-state index in [9.17, 15) is 9.59 Å². The number of hydrogen-bond donors (Lipinski definition) is 1. The first-order valence-electron chi connectivity index (χ1n) is 10.0. The van der Waals surface area contributed by atoms with E-state index in [1.165, 1.54) is 0 Å². The van der Waals surface area contributed by atoms with Crippen molar-refractivity contribution in [1.82, 2.24) is 24.6 Å². The fourth-order valence-corrected chi connectivity index (χ4v) is 4.72. The summed E-state index contributed by atoms with van der Waals surface area (Å²) in [5.41, 5.74) is 3.15. The molecule has 3 aromatic rings. The van der Waals surface area contributed by atoms with Gasteiger partial charge in [0.05, 0.1) is 17.5 Å². The Bertz CT molecular complexity index is 1120. The molecule has 1 amide bonds. The average Bonchev–Trinajstić information content (AvgIpc) is 3.33. The van der Waals surface area contributed by atoms with E-state index < -0.39 is 0 Å². The van der Waals surface area contributed by atoms with Crippen LogP contribution in [0.15, 0.2) is 47.5 Å². The molecule has 148 valence electrons. The highest BCUT2D eigenvalue weighted by atomic mass is 16.2. The normalized spacial score (nSPS) is 17.5. The Hall–Kier alpha value is -3.22. The minimum absolute atomic E-state index is 0.0232. The third kappa shape index (κ3) is 2.97. The lowest BCUT2D eigenvalue weighted by Crippen LogP contribution is -2.44. The molecule has 3 heterocycles. The van der Waals surface area contributed by atoms with Gasteiger partial charge < -0.3 is 9.88 Å². The van der Waals surface area contributed by atoms with Crippen molar-refractivity contribution in [3.63, 3.8) is 0 Å². The molecule has 7 heteroatoms. The molecule has 7 nitrogen and oxygen atoms in total. The summed E-state index contributed by atoms with van der Waals surface area (Å²) in [5, 5.41) is 4.10. The molecular formula is C22H23N5O2. The molecule has 2 aromatic heterocycles. The van der Waals surface area contributed by atoms with Gasteiger partial charge in [0.25, 0.3) is 11.5 Å². The number of aryl methyl sites for hydroxylation is 1. The number of carbonyl (C=O) groups is 1.